The quantitative estimate of drug-likeness (QED) is 0.523. The molecule has 0 heterocycles. The molecule has 0 amide bonds. The van der Waals surface area contributed by atoms with Crippen LogP contribution in [0.5, 0.6) is 0 Å². The number of hydrogen-bond acceptors (Lipinski definition) is 3. The first-order chi connectivity index (χ1) is 10.5. The van der Waals surface area contributed by atoms with Gasteiger partial charge in [0.1, 0.15) is 0 Å². The van der Waals surface area contributed by atoms with Crippen LogP contribution in [0.3, 0.4) is 0 Å². The van der Waals surface area contributed by atoms with Crippen LogP contribution in [0.25, 0.3) is 0 Å². The molecule has 5 heteroatoms. The third kappa shape index (κ3) is 4.82. The summed E-state index contributed by atoms with van der Waals surface area (Å²) in [6.07, 6.45) is 0.211. The van der Waals surface area contributed by atoms with Crippen LogP contribution >= 0.6 is 0 Å². The molecule has 0 aromatic carbocycles. The van der Waals surface area contributed by atoms with Gasteiger partial charge in [-0.15, -0.1) is 0 Å². The van der Waals surface area contributed by atoms with Gasteiger partial charge in [-0.05, 0) is 41.8 Å². The predicted molar refractivity (Wildman–Crippen MR) is 108 cm³/mol. The van der Waals surface area contributed by atoms with E-state index in [0.717, 1.165) is 5.57 Å². The molecule has 0 radical (unpaired) electrons. The zero-order chi connectivity index (χ0) is 19.1. The van der Waals surface area contributed by atoms with Gasteiger partial charge in [0.25, 0.3) is 0 Å². The molecule has 3 atom stereocenters. The van der Waals surface area contributed by atoms with E-state index in [1.165, 1.54) is 0 Å². The van der Waals surface area contributed by atoms with E-state index in [2.05, 4.69) is 74.3 Å². The van der Waals surface area contributed by atoms with Crippen molar-refractivity contribution in [2.75, 3.05) is 6.61 Å². The molecule has 1 rings (SSSR count). The Balaban J connectivity index is 2.88. The van der Waals surface area contributed by atoms with Gasteiger partial charge in [-0.1, -0.05) is 48.1 Å². The minimum absolute atomic E-state index is 0.0261. The fourth-order valence-electron chi connectivity index (χ4n) is 2.44. The molecule has 0 bridgehead atoms. The zero-order valence-electron chi connectivity index (χ0n) is 17.6. The molecule has 1 N–H and O–H groups in total. The fourth-order valence-corrected chi connectivity index (χ4v) is 4.84. The van der Waals surface area contributed by atoms with Gasteiger partial charge in [-0.2, -0.15) is 0 Å². The summed E-state index contributed by atoms with van der Waals surface area (Å²) in [6.45, 7) is 27.3. The van der Waals surface area contributed by atoms with E-state index >= 15 is 0 Å². The second-order valence-corrected chi connectivity index (χ2v) is 20.0. The van der Waals surface area contributed by atoms with Crippen LogP contribution in [0.2, 0.25) is 36.3 Å². The average molecular weight is 373 g/mol. The van der Waals surface area contributed by atoms with Gasteiger partial charge in [0.05, 0.1) is 12.2 Å². The molecule has 3 nitrogen and oxygen atoms in total. The van der Waals surface area contributed by atoms with Crippen LogP contribution in [0.1, 0.15) is 48.0 Å². The Labute approximate surface area is 152 Å². The first kappa shape index (κ1) is 22.1. The second kappa shape index (κ2) is 6.99. The lowest BCUT2D eigenvalue weighted by atomic mass is 10.0. The summed E-state index contributed by atoms with van der Waals surface area (Å²) in [5, 5.41) is 10.7. The van der Waals surface area contributed by atoms with E-state index in [4.69, 9.17) is 8.85 Å². The third-order valence-corrected chi connectivity index (χ3v) is 15.5. The van der Waals surface area contributed by atoms with Gasteiger partial charge >= 0.3 is 0 Å². The summed E-state index contributed by atoms with van der Waals surface area (Å²) in [6, 6.07) is 0. The molecule has 0 unspecified atom stereocenters. The molecule has 1 saturated carbocycles. The van der Waals surface area contributed by atoms with Crippen LogP contribution in [0.15, 0.2) is 12.2 Å². The Bertz CT molecular complexity index is 458. The van der Waals surface area contributed by atoms with E-state index in [1.54, 1.807) is 0 Å². The summed E-state index contributed by atoms with van der Waals surface area (Å²) < 4.78 is 13.1. The van der Waals surface area contributed by atoms with Crippen molar-refractivity contribution in [1.29, 1.82) is 0 Å². The van der Waals surface area contributed by atoms with Gasteiger partial charge < -0.3 is 14.0 Å². The van der Waals surface area contributed by atoms with Gasteiger partial charge in [-0.3, -0.25) is 0 Å². The lowest BCUT2D eigenvalue weighted by Crippen LogP contribution is -2.47. The molecule has 142 valence electrons. The first-order valence-electron chi connectivity index (χ1n) is 9.18. The summed E-state index contributed by atoms with van der Waals surface area (Å²) in [5.41, 5.74) is 0.886. The van der Waals surface area contributed by atoms with E-state index in [9.17, 15) is 5.11 Å². The number of hydrogen-bond donors (Lipinski definition) is 1. The number of aliphatic hydroxyl groups excluding tert-OH is 1. The van der Waals surface area contributed by atoms with Crippen LogP contribution in [-0.2, 0) is 8.85 Å². The van der Waals surface area contributed by atoms with Crippen molar-refractivity contribution >= 4 is 16.6 Å². The van der Waals surface area contributed by atoms with Crippen LogP contribution in [0, 0.1) is 5.92 Å². The highest BCUT2D eigenvalue weighted by Gasteiger charge is 2.46. The van der Waals surface area contributed by atoms with E-state index in [-0.39, 0.29) is 22.1 Å². The van der Waals surface area contributed by atoms with Crippen molar-refractivity contribution in [2.45, 2.75) is 96.4 Å². The molecule has 0 spiro atoms. The van der Waals surface area contributed by atoms with Gasteiger partial charge in [0.2, 0.25) is 0 Å². The monoisotopic (exact) mass is 372 g/mol. The maximum atomic E-state index is 10.3. The second-order valence-electron chi connectivity index (χ2n) is 10.4. The molecule has 1 aliphatic rings. The summed E-state index contributed by atoms with van der Waals surface area (Å²) in [5.74, 6) is 0.100. The van der Waals surface area contributed by atoms with Crippen LogP contribution < -0.4 is 0 Å². The Morgan fingerprint density at radius 1 is 1.00 bits per heavy atom. The first-order valence-corrected chi connectivity index (χ1v) is 15.0. The van der Waals surface area contributed by atoms with Crippen molar-refractivity contribution in [3.8, 4) is 0 Å². The Kier molecular flexibility index (Phi) is 6.43. The Morgan fingerprint density at radius 2 is 1.46 bits per heavy atom. The van der Waals surface area contributed by atoms with E-state index in [1.807, 2.05) is 0 Å². The third-order valence-electron chi connectivity index (χ3n) is 6.49. The largest absolute Gasteiger partial charge is 0.416 e. The number of rotatable bonds is 5. The summed E-state index contributed by atoms with van der Waals surface area (Å²) in [7, 11) is -3.69. The number of aliphatic hydroxyl groups is 1. The summed E-state index contributed by atoms with van der Waals surface area (Å²) >= 11 is 0. The molecule has 0 aromatic rings. The zero-order valence-corrected chi connectivity index (χ0v) is 19.6. The molecule has 24 heavy (non-hydrogen) atoms. The van der Waals surface area contributed by atoms with Gasteiger partial charge in [-0.25, -0.2) is 0 Å². The SMILES string of the molecule is C=C1[C@H](O)C[C@H](O[Si](C)(C)C(C)(C)C)[C@H]1CO[Si](C)(C)C(C)(C)C. The Hall–Kier alpha value is 0.0538. The maximum absolute atomic E-state index is 10.3. The molecule has 1 aliphatic carbocycles. The molecular formula is C19H40O3Si2. The van der Waals surface area contributed by atoms with Gasteiger partial charge in [0.15, 0.2) is 16.6 Å². The highest BCUT2D eigenvalue weighted by Crippen LogP contribution is 2.43. The molecule has 1 fully saturated rings. The minimum atomic E-state index is -1.88. The molecular weight excluding hydrogens is 332 g/mol. The van der Waals surface area contributed by atoms with Crippen LogP contribution in [0.4, 0.5) is 0 Å². The Morgan fingerprint density at radius 3 is 1.88 bits per heavy atom. The van der Waals surface area contributed by atoms with Crippen molar-refractivity contribution in [3.05, 3.63) is 12.2 Å². The van der Waals surface area contributed by atoms with E-state index < -0.39 is 22.7 Å². The standard InChI is InChI=1S/C19H40O3Si2/c1-14-15(13-21-23(8,9)18(2,3)4)17(12-16(14)20)22-24(10,11)19(5,6)7/h15-17,20H,1,12-13H2,2-11H3/t15-,16+,17-/m0/s1. The summed E-state index contributed by atoms with van der Waals surface area (Å²) in [4.78, 5) is 0. The molecule has 0 aliphatic heterocycles. The van der Waals surface area contributed by atoms with Crippen molar-refractivity contribution in [2.24, 2.45) is 5.92 Å². The van der Waals surface area contributed by atoms with Crippen molar-refractivity contribution in [1.82, 2.24) is 0 Å². The minimum Gasteiger partial charge on any atom is -0.416 e. The topological polar surface area (TPSA) is 38.7 Å². The predicted octanol–water partition coefficient (Wildman–Crippen LogP) is 5.34. The van der Waals surface area contributed by atoms with E-state index in [0.29, 0.717) is 13.0 Å². The van der Waals surface area contributed by atoms with Gasteiger partial charge in [0, 0.05) is 18.9 Å². The van der Waals surface area contributed by atoms with Crippen molar-refractivity contribution < 1.29 is 14.0 Å². The smallest absolute Gasteiger partial charge is 0.192 e. The lowest BCUT2D eigenvalue weighted by Gasteiger charge is -2.41. The maximum Gasteiger partial charge on any atom is 0.192 e. The molecule has 0 saturated heterocycles. The lowest BCUT2D eigenvalue weighted by molar-refractivity contribution is 0.103. The highest BCUT2D eigenvalue weighted by atomic mass is 28.4. The van der Waals surface area contributed by atoms with Crippen molar-refractivity contribution in [3.63, 3.8) is 0 Å². The van der Waals surface area contributed by atoms with Crippen LogP contribution in [-0.4, -0.2) is 40.6 Å². The normalized spacial score (nSPS) is 27.0. The molecule has 0 aromatic heterocycles. The fraction of sp³-hybridized carbons (Fsp3) is 0.895. The average Bonchev–Trinajstić information content (AvgIpc) is 2.59. The highest BCUT2D eigenvalue weighted by molar-refractivity contribution is 6.74.